The van der Waals surface area contributed by atoms with Crippen LogP contribution in [-0.2, 0) is 9.59 Å². The van der Waals surface area contributed by atoms with Gasteiger partial charge in [-0.25, -0.2) is 0 Å². The van der Waals surface area contributed by atoms with Crippen LogP contribution in [0.15, 0.2) is 54.6 Å². The van der Waals surface area contributed by atoms with Crippen molar-refractivity contribution in [3.63, 3.8) is 0 Å². The highest BCUT2D eigenvalue weighted by atomic mass is 16.5. The van der Waals surface area contributed by atoms with Gasteiger partial charge in [0.25, 0.3) is 0 Å². The molecule has 0 spiro atoms. The first-order valence-electron chi connectivity index (χ1n) is 8.60. The third-order valence-corrected chi connectivity index (χ3v) is 4.87. The van der Waals surface area contributed by atoms with Crippen LogP contribution in [0.4, 0.5) is 0 Å². The van der Waals surface area contributed by atoms with E-state index in [0.717, 1.165) is 16.9 Å². The Kier molecular flexibility index (Phi) is 4.14. The van der Waals surface area contributed by atoms with Crippen molar-refractivity contribution in [2.24, 2.45) is 0 Å². The number of nitrogens with zero attached hydrogens (tertiary/aromatic N) is 1. The van der Waals surface area contributed by atoms with Gasteiger partial charge in [-0.15, -0.1) is 0 Å². The lowest BCUT2D eigenvalue weighted by Gasteiger charge is -2.38. The molecule has 1 fully saturated rings. The Bertz CT molecular complexity index is 791. The Morgan fingerprint density at radius 3 is 2.68 bits per heavy atom. The van der Waals surface area contributed by atoms with E-state index in [4.69, 9.17) is 4.74 Å². The lowest BCUT2D eigenvalue weighted by molar-refractivity contribution is -0.145. The standard InChI is InChI=1S/C20H20N2O3/c23-19-18(14-6-2-1-3-7-14)22(12-11-21-19)20(24)16-10-13-25-17-9-5-4-8-15(16)17/h1-9,16,18H,10-13H2,(H,21,23)/t16-,18+/m1/s1. The molecule has 25 heavy (non-hydrogen) atoms. The van der Waals surface area contributed by atoms with Crippen LogP contribution in [-0.4, -0.2) is 36.4 Å². The Hall–Kier alpha value is -2.82. The van der Waals surface area contributed by atoms with Gasteiger partial charge in [-0.1, -0.05) is 48.5 Å². The van der Waals surface area contributed by atoms with Gasteiger partial charge in [0.15, 0.2) is 0 Å². The fraction of sp³-hybridized carbons (Fsp3) is 0.300. The first kappa shape index (κ1) is 15.7. The van der Waals surface area contributed by atoms with Crippen LogP contribution in [0.2, 0.25) is 0 Å². The van der Waals surface area contributed by atoms with E-state index < -0.39 is 6.04 Å². The molecule has 0 saturated carbocycles. The number of ether oxygens (including phenoxy) is 1. The predicted octanol–water partition coefficient (Wildman–Crippen LogP) is 2.25. The minimum absolute atomic E-state index is 0.000506. The van der Waals surface area contributed by atoms with E-state index in [-0.39, 0.29) is 17.7 Å². The molecule has 2 atom stereocenters. The molecule has 2 aliphatic heterocycles. The van der Waals surface area contributed by atoms with Crippen molar-refractivity contribution in [2.75, 3.05) is 19.7 Å². The van der Waals surface area contributed by atoms with Crippen molar-refractivity contribution in [3.8, 4) is 5.75 Å². The lowest BCUT2D eigenvalue weighted by atomic mass is 9.90. The predicted molar refractivity (Wildman–Crippen MR) is 93.2 cm³/mol. The summed E-state index contributed by atoms with van der Waals surface area (Å²) in [5.41, 5.74) is 1.75. The molecule has 1 N–H and O–H groups in total. The number of hydrogen-bond donors (Lipinski definition) is 1. The van der Waals surface area contributed by atoms with Crippen molar-refractivity contribution in [2.45, 2.75) is 18.4 Å². The fourth-order valence-electron chi connectivity index (χ4n) is 3.67. The Balaban J connectivity index is 1.68. The van der Waals surface area contributed by atoms with Crippen LogP contribution in [0, 0.1) is 0 Å². The zero-order valence-electron chi connectivity index (χ0n) is 13.9. The number of nitrogens with one attached hydrogen (secondary N) is 1. The monoisotopic (exact) mass is 336 g/mol. The average molecular weight is 336 g/mol. The highest BCUT2D eigenvalue weighted by molar-refractivity contribution is 5.92. The molecule has 5 heteroatoms. The molecule has 2 heterocycles. The molecule has 5 nitrogen and oxygen atoms in total. The van der Waals surface area contributed by atoms with E-state index >= 15 is 0 Å². The van der Waals surface area contributed by atoms with Gasteiger partial charge in [-0.3, -0.25) is 9.59 Å². The maximum atomic E-state index is 13.3. The van der Waals surface area contributed by atoms with Crippen LogP contribution in [0.1, 0.15) is 29.5 Å². The zero-order valence-corrected chi connectivity index (χ0v) is 13.9. The molecule has 0 aromatic heterocycles. The third kappa shape index (κ3) is 2.86. The summed E-state index contributed by atoms with van der Waals surface area (Å²) < 4.78 is 5.67. The molecule has 1 saturated heterocycles. The minimum Gasteiger partial charge on any atom is -0.493 e. The summed E-state index contributed by atoms with van der Waals surface area (Å²) in [6.07, 6.45) is 0.634. The Morgan fingerprint density at radius 2 is 1.84 bits per heavy atom. The molecule has 2 aromatic rings. The number of carbonyl (C=O) groups is 2. The van der Waals surface area contributed by atoms with E-state index in [1.54, 1.807) is 4.90 Å². The average Bonchev–Trinajstić information content (AvgIpc) is 2.67. The van der Waals surface area contributed by atoms with Gasteiger partial charge in [0, 0.05) is 18.7 Å². The quantitative estimate of drug-likeness (QED) is 0.915. The highest BCUT2D eigenvalue weighted by Gasteiger charge is 2.39. The number of fused-ring (bicyclic) bond motifs is 1. The second-order valence-electron chi connectivity index (χ2n) is 6.36. The van der Waals surface area contributed by atoms with E-state index in [2.05, 4.69) is 5.32 Å². The van der Waals surface area contributed by atoms with Crippen LogP contribution < -0.4 is 10.1 Å². The van der Waals surface area contributed by atoms with Crippen LogP contribution in [0.25, 0.3) is 0 Å². The van der Waals surface area contributed by atoms with E-state index in [1.165, 1.54) is 0 Å². The molecule has 2 aromatic carbocycles. The first-order chi connectivity index (χ1) is 12.3. The summed E-state index contributed by atoms with van der Waals surface area (Å²) in [5, 5.41) is 2.88. The molecule has 128 valence electrons. The topological polar surface area (TPSA) is 58.6 Å². The molecular weight excluding hydrogens is 316 g/mol. The second-order valence-corrected chi connectivity index (χ2v) is 6.36. The van der Waals surface area contributed by atoms with Crippen LogP contribution in [0.3, 0.4) is 0 Å². The van der Waals surface area contributed by atoms with E-state index in [9.17, 15) is 9.59 Å². The van der Waals surface area contributed by atoms with Crippen LogP contribution in [0.5, 0.6) is 5.75 Å². The number of para-hydroxylation sites is 1. The molecular formula is C20H20N2O3. The van der Waals surface area contributed by atoms with Gasteiger partial charge in [0.2, 0.25) is 11.8 Å². The van der Waals surface area contributed by atoms with Gasteiger partial charge < -0.3 is 15.0 Å². The summed E-state index contributed by atoms with van der Waals surface area (Å²) in [6, 6.07) is 16.6. The van der Waals surface area contributed by atoms with Gasteiger partial charge in [0.1, 0.15) is 11.8 Å². The molecule has 0 radical (unpaired) electrons. The summed E-state index contributed by atoms with van der Waals surface area (Å²) in [7, 11) is 0. The smallest absolute Gasteiger partial charge is 0.247 e. The maximum Gasteiger partial charge on any atom is 0.247 e. The van der Waals surface area contributed by atoms with Crippen molar-refractivity contribution in [1.29, 1.82) is 0 Å². The number of amides is 2. The summed E-state index contributed by atoms with van der Waals surface area (Å²) >= 11 is 0. The van der Waals surface area contributed by atoms with Gasteiger partial charge in [-0.05, 0) is 18.1 Å². The SMILES string of the molecule is O=C1NCCN(C(=O)[C@@H]2CCOc3ccccc32)[C@H]1c1ccccc1. The Labute approximate surface area is 146 Å². The first-order valence-corrected chi connectivity index (χ1v) is 8.60. The van der Waals surface area contributed by atoms with Crippen molar-refractivity contribution >= 4 is 11.8 Å². The van der Waals surface area contributed by atoms with E-state index in [0.29, 0.717) is 26.1 Å². The van der Waals surface area contributed by atoms with Crippen molar-refractivity contribution in [1.82, 2.24) is 10.2 Å². The van der Waals surface area contributed by atoms with Gasteiger partial charge in [-0.2, -0.15) is 0 Å². The van der Waals surface area contributed by atoms with Crippen molar-refractivity contribution in [3.05, 3.63) is 65.7 Å². The molecule has 2 aliphatic rings. The van der Waals surface area contributed by atoms with Gasteiger partial charge >= 0.3 is 0 Å². The van der Waals surface area contributed by atoms with Gasteiger partial charge in [0.05, 0.1) is 12.5 Å². The molecule has 0 unspecified atom stereocenters. The number of benzene rings is 2. The lowest BCUT2D eigenvalue weighted by Crippen LogP contribution is -2.53. The Morgan fingerprint density at radius 1 is 1.08 bits per heavy atom. The number of rotatable bonds is 2. The number of piperazine rings is 1. The number of carbonyl (C=O) groups excluding carboxylic acids is 2. The van der Waals surface area contributed by atoms with Crippen LogP contribution >= 0.6 is 0 Å². The minimum atomic E-state index is -0.572. The summed E-state index contributed by atoms with van der Waals surface area (Å²) in [5.74, 6) is 0.387. The van der Waals surface area contributed by atoms with E-state index in [1.807, 2.05) is 54.6 Å². The maximum absolute atomic E-state index is 13.3. The second kappa shape index (κ2) is 6.59. The summed E-state index contributed by atoms with van der Waals surface area (Å²) in [6.45, 7) is 1.52. The molecule has 2 amide bonds. The third-order valence-electron chi connectivity index (χ3n) is 4.87. The molecule has 0 bridgehead atoms. The molecule has 4 rings (SSSR count). The molecule has 0 aliphatic carbocycles. The largest absolute Gasteiger partial charge is 0.493 e. The fourth-order valence-corrected chi connectivity index (χ4v) is 3.67. The zero-order chi connectivity index (χ0) is 17.2. The van der Waals surface area contributed by atoms with Crippen molar-refractivity contribution < 1.29 is 14.3 Å². The normalized spacial score (nSPS) is 22.6. The summed E-state index contributed by atoms with van der Waals surface area (Å²) in [4.78, 5) is 27.6. The number of hydrogen-bond acceptors (Lipinski definition) is 3. The highest BCUT2D eigenvalue weighted by Crippen LogP contribution is 2.36.